The molecule has 0 aliphatic rings. The summed E-state index contributed by atoms with van der Waals surface area (Å²) in [6, 6.07) is 10.2. The summed E-state index contributed by atoms with van der Waals surface area (Å²) in [7, 11) is -2.12. The SMILES string of the molecule is Cc1oc(-c2cccs2)nc1COC(=O)c1ccccc1N(C)S(C)(=O)=O. The Morgan fingerprint density at radius 2 is 2.00 bits per heavy atom. The van der Waals surface area contributed by atoms with E-state index in [0.717, 1.165) is 15.4 Å². The van der Waals surface area contributed by atoms with Crippen LogP contribution in [0.5, 0.6) is 0 Å². The first-order valence-corrected chi connectivity index (χ1v) is 10.7. The summed E-state index contributed by atoms with van der Waals surface area (Å²) in [5.74, 6) is 0.402. The Morgan fingerprint density at radius 1 is 1.26 bits per heavy atom. The summed E-state index contributed by atoms with van der Waals surface area (Å²) in [5, 5.41) is 1.92. The fourth-order valence-electron chi connectivity index (χ4n) is 2.38. The molecule has 0 amide bonds. The third-order valence-corrected chi connectivity index (χ3v) is 5.97. The lowest BCUT2D eigenvalue weighted by molar-refractivity contribution is 0.0468. The van der Waals surface area contributed by atoms with Crippen molar-refractivity contribution >= 4 is 33.0 Å². The van der Waals surface area contributed by atoms with Gasteiger partial charge in [-0.3, -0.25) is 4.31 Å². The van der Waals surface area contributed by atoms with Crippen LogP contribution in [0.25, 0.3) is 10.8 Å². The number of aryl methyl sites for hydroxylation is 1. The van der Waals surface area contributed by atoms with Gasteiger partial charge in [0.05, 0.1) is 22.4 Å². The summed E-state index contributed by atoms with van der Waals surface area (Å²) in [5.41, 5.74) is 0.923. The van der Waals surface area contributed by atoms with E-state index in [1.165, 1.54) is 24.5 Å². The first kappa shape index (κ1) is 19.1. The molecule has 142 valence electrons. The molecule has 0 unspecified atom stereocenters. The molecule has 3 aromatic rings. The smallest absolute Gasteiger partial charge is 0.340 e. The molecule has 1 aromatic carbocycles. The monoisotopic (exact) mass is 406 g/mol. The highest BCUT2D eigenvalue weighted by atomic mass is 32.2. The van der Waals surface area contributed by atoms with Crippen LogP contribution < -0.4 is 4.31 Å². The first-order chi connectivity index (χ1) is 12.8. The number of esters is 1. The van der Waals surface area contributed by atoms with Crippen molar-refractivity contribution in [2.24, 2.45) is 0 Å². The van der Waals surface area contributed by atoms with Crippen LogP contribution in [0, 0.1) is 6.92 Å². The van der Waals surface area contributed by atoms with Crippen molar-refractivity contribution in [1.29, 1.82) is 0 Å². The van der Waals surface area contributed by atoms with Crippen LogP contribution in [-0.2, 0) is 21.4 Å². The topological polar surface area (TPSA) is 89.7 Å². The van der Waals surface area contributed by atoms with Crippen molar-refractivity contribution in [3.05, 3.63) is 58.8 Å². The normalized spacial score (nSPS) is 11.4. The number of hydrogen-bond donors (Lipinski definition) is 0. The number of oxazole rings is 1. The van der Waals surface area contributed by atoms with Crippen LogP contribution in [-0.4, -0.2) is 32.7 Å². The van der Waals surface area contributed by atoms with Crippen LogP contribution in [0.2, 0.25) is 0 Å². The number of anilines is 1. The van der Waals surface area contributed by atoms with E-state index < -0.39 is 16.0 Å². The molecule has 9 heteroatoms. The average Bonchev–Trinajstić information content (AvgIpc) is 3.28. The molecule has 0 atom stereocenters. The minimum Gasteiger partial charge on any atom is -0.455 e. The fraction of sp³-hybridized carbons (Fsp3) is 0.222. The van der Waals surface area contributed by atoms with Crippen molar-refractivity contribution in [1.82, 2.24) is 4.98 Å². The number of carbonyl (C=O) groups is 1. The van der Waals surface area contributed by atoms with Crippen LogP contribution in [0.4, 0.5) is 5.69 Å². The average molecular weight is 406 g/mol. The van der Waals surface area contributed by atoms with Crippen LogP contribution in [0.1, 0.15) is 21.8 Å². The molecule has 2 heterocycles. The molecule has 0 saturated carbocycles. The summed E-state index contributed by atoms with van der Waals surface area (Å²) in [6.45, 7) is 1.68. The highest BCUT2D eigenvalue weighted by Gasteiger charge is 2.21. The van der Waals surface area contributed by atoms with E-state index in [2.05, 4.69) is 4.98 Å². The number of aromatic nitrogens is 1. The minimum absolute atomic E-state index is 0.0730. The Morgan fingerprint density at radius 3 is 2.67 bits per heavy atom. The Hall–Kier alpha value is -2.65. The van der Waals surface area contributed by atoms with E-state index in [1.54, 1.807) is 25.1 Å². The van der Waals surface area contributed by atoms with Gasteiger partial charge in [-0.1, -0.05) is 18.2 Å². The number of para-hydroxylation sites is 1. The quantitative estimate of drug-likeness (QED) is 0.582. The second-order valence-electron chi connectivity index (χ2n) is 5.82. The van der Waals surface area contributed by atoms with E-state index in [0.29, 0.717) is 17.3 Å². The van der Waals surface area contributed by atoms with Gasteiger partial charge in [0.1, 0.15) is 18.1 Å². The Kier molecular flexibility index (Phi) is 5.33. The van der Waals surface area contributed by atoms with E-state index in [-0.39, 0.29) is 17.9 Å². The fourth-order valence-corrected chi connectivity index (χ4v) is 3.54. The molecule has 0 radical (unpaired) electrons. The Labute approximate surface area is 161 Å². The second-order valence-corrected chi connectivity index (χ2v) is 8.78. The number of ether oxygens (including phenoxy) is 1. The van der Waals surface area contributed by atoms with Gasteiger partial charge < -0.3 is 9.15 Å². The molecule has 0 N–H and O–H groups in total. The molecule has 0 spiro atoms. The van der Waals surface area contributed by atoms with Crippen molar-refractivity contribution in [2.75, 3.05) is 17.6 Å². The number of carbonyl (C=O) groups excluding carboxylic acids is 1. The molecule has 3 rings (SSSR count). The summed E-state index contributed by atoms with van der Waals surface area (Å²) >= 11 is 1.50. The van der Waals surface area contributed by atoms with Gasteiger partial charge in [-0.15, -0.1) is 11.3 Å². The van der Waals surface area contributed by atoms with E-state index in [9.17, 15) is 13.2 Å². The van der Waals surface area contributed by atoms with E-state index >= 15 is 0 Å². The third-order valence-electron chi connectivity index (χ3n) is 3.93. The van der Waals surface area contributed by atoms with Gasteiger partial charge in [-0.05, 0) is 30.5 Å². The summed E-state index contributed by atoms with van der Waals surface area (Å²) in [6.07, 6.45) is 1.07. The van der Waals surface area contributed by atoms with Crippen LogP contribution in [0.3, 0.4) is 0 Å². The zero-order chi connectivity index (χ0) is 19.6. The van der Waals surface area contributed by atoms with Gasteiger partial charge in [0.25, 0.3) is 0 Å². The lowest BCUT2D eigenvalue weighted by Crippen LogP contribution is -2.27. The Bertz CT molecular complexity index is 1060. The maximum absolute atomic E-state index is 12.5. The summed E-state index contributed by atoms with van der Waals surface area (Å²) in [4.78, 5) is 17.8. The number of sulfonamides is 1. The van der Waals surface area contributed by atoms with E-state index in [1.807, 2.05) is 17.5 Å². The van der Waals surface area contributed by atoms with Gasteiger partial charge in [0.2, 0.25) is 15.9 Å². The van der Waals surface area contributed by atoms with Crippen LogP contribution in [0.15, 0.2) is 46.2 Å². The van der Waals surface area contributed by atoms with Crippen molar-refractivity contribution in [3.8, 4) is 10.8 Å². The van der Waals surface area contributed by atoms with Crippen molar-refractivity contribution in [3.63, 3.8) is 0 Å². The molecule has 0 fully saturated rings. The zero-order valence-electron chi connectivity index (χ0n) is 15.0. The van der Waals surface area contributed by atoms with Crippen molar-refractivity contribution < 1.29 is 22.4 Å². The van der Waals surface area contributed by atoms with Gasteiger partial charge >= 0.3 is 5.97 Å². The standard InChI is InChI=1S/C18H18N2O5S2/c1-12-14(19-17(25-12)16-9-6-10-26-16)11-24-18(21)13-7-4-5-8-15(13)20(2)27(3,22)23/h4-10H,11H2,1-3H3. The molecular formula is C18H18N2O5S2. The number of rotatable bonds is 6. The minimum atomic E-state index is -3.51. The first-order valence-electron chi connectivity index (χ1n) is 7.97. The van der Waals surface area contributed by atoms with Gasteiger partial charge in [-0.2, -0.15) is 0 Å². The molecule has 0 aliphatic carbocycles. The molecule has 2 aromatic heterocycles. The lowest BCUT2D eigenvalue weighted by atomic mass is 10.2. The molecular weight excluding hydrogens is 388 g/mol. The Balaban J connectivity index is 1.78. The largest absolute Gasteiger partial charge is 0.455 e. The predicted molar refractivity (Wildman–Crippen MR) is 103 cm³/mol. The van der Waals surface area contributed by atoms with Gasteiger partial charge in [0.15, 0.2) is 0 Å². The highest BCUT2D eigenvalue weighted by molar-refractivity contribution is 7.92. The molecule has 0 saturated heterocycles. The molecule has 0 bridgehead atoms. The maximum atomic E-state index is 12.5. The number of nitrogens with zero attached hydrogens (tertiary/aromatic N) is 2. The van der Waals surface area contributed by atoms with Gasteiger partial charge in [-0.25, -0.2) is 18.2 Å². The molecule has 0 aliphatic heterocycles. The van der Waals surface area contributed by atoms with Crippen molar-refractivity contribution in [2.45, 2.75) is 13.5 Å². The molecule has 27 heavy (non-hydrogen) atoms. The van der Waals surface area contributed by atoms with Crippen LogP contribution >= 0.6 is 11.3 Å². The maximum Gasteiger partial charge on any atom is 0.340 e. The number of hydrogen-bond acceptors (Lipinski definition) is 7. The number of thiophene rings is 1. The van der Waals surface area contributed by atoms with E-state index in [4.69, 9.17) is 9.15 Å². The summed E-state index contributed by atoms with van der Waals surface area (Å²) < 4.78 is 35.6. The predicted octanol–water partition coefficient (Wildman–Crippen LogP) is 3.46. The number of benzene rings is 1. The lowest BCUT2D eigenvalue weighted by Gasteiger charge is -2.19. The highest BCUT2D eigenvalue weighted by Crippen LogP contribution is 2.27. The second kappa shape index (κ2) is 7.53. The zero-order valence-corrected chi connectivity index (χ0v) is 16.6. The third kappa shape index (κ3) is 4.20. The molecule has 7 nitrogen and oxygen atoms in total. The van der Waals surface area contributed by atoms with Gasteiger partial charge in [0, 0.05) is 7.05 Å².